The van der Waals surface area contributed by atoms with Crippen LogP contribution in [0.3, 0.4) is 0 Å². The first-order valence-electron chi connectivity index (χ1n) is 3.29. The van der Waals surface area contributed by atoms with Gasteiger partial charge in [-0.2, -0.15) is 0 Å². The second-order valence-corrected chi connectivity index (χ2v) is 4.34. The summed E-state index contributed by atoms with van der Waals surface area (Å²) in [7, 11) is -3.90. The third kappa shape index (κ3) is 7.75. The molecular formula is C6H14NO3P. The topological polar surface area (TPSA) is 83.6 Å². The molecule has 11 heavy (non-hydrogen) atoms. The van der Waals surface area contributed by atoms with Crippen molar-refractivity contribution in [3.05, 3.63) is 11.6 Å². The van der Waals surface area contributed by atoms with Gasteiger partial charge >= 0.3 is 7.60 Å². The highest BCUT2D eigenvalue weighted by Gasteiger charge is 2.12. The molecule has 0 fully saturated rings. The molecule has 0 amide bonds. The first-order chi connectivity index (χ1) is 4.81. The minimum absolute atomic E-state index is 0.151. The maximum absolute atomic E-state index is 10.4. The van der Waals surface area contributed by atoms with Gasteiger partial charge < -0.3 is 15.5 Å². The van der Waals surface area contributed by atoms with E-state index in [0.717, 1.165) is 0 Å². The van der Waals surface area contributed by atoms with Crippen LogP contribution in [0, 0.1) is 0 Å². The second-order valence-electron chi connectivity index (χ2n) is 2.69. The van der Waals surface area contributed by atoms with Crippen molar-refractivity contribution in [3.8, 4) is 0 Å². The standard InChI is InChI=1S/C6H14NO3P/c1-5(3-6(2)7)4-11(8,9)10/h3,6H,4,7H2,1-2H3,(H2,8,9,10). The van der Waals surface area contributed by atoms with Crippen LogP contribution >= 0.6 is 7.60 Å². The van der Waals surface area contributed by atoms with E-state index in [1.54, 1.807) is 19.9 Å². The van der Waals surface area contributed by atoms with E-state index in [4.69, 9.17) is 15.5 Å². The molecule has 0 aromatic heterocycles. The Kier molecular flexibility index (Phi) is 3.97. The van der Waals surface area contributed by atoms with Crippen LogP contribution in [0.1, 0.15) is 13.8 Å². The number of rotatable bonds is 3. The number of hydrogen-bond acceptors (Lipinski definition) is 2. The van der Waals surface area contributed by atoms with E-state index in [2.05, 4.69) is 0 Å². The summed E-state index contributed by atoms with van der Waals surface area (Å²) in [6.45, 7) is 3.41. The molecule has 0 saturated heterocycles. The van der Waals surface area contributed by atoms with Gasteiger partial charge in [0, 0.05) is 6.04 Å². The van der Waals surface area contributed by atoms with Crippen LogP contribution in [0.15, 0.2) is 11.6 Å². The fraction of sp³-hybridized carbons (Fsp3) is 0.667. The molecule has 5 heteroatoms. The zero-order valence-corrected chi connectivity index (χ0v) is 7.58. The van der Waals surface area contributed by atoms with Crippen molar-refractivity contribution in [1.29, 1.82) is 0 Å². The summed E-state index contributed by atoms with van der Waals surface area (Å²) in [5, 5.41) is 0. The maximum Gasteiger partial charge on any atom is 0.329 e. The van der Waals surface area contributed by atoms with Gasteiger partial charge in [0.15, 0.2) is 0 Å². The Labute approximate surface area is 66.3 Å². The van der Waals surface area contributed by atoms with E-state index in [-0.39, 0.29) is 12.2 Å². The molecule has 0 aromatic rings. The molecule has 0 radical (unpaired) electrons. The van der Waals surface area contributed by atoms with Gasteiger partial charge in [-0.25, -0.2) is 0 Å². The molecule has 0 heterocycles. The molecule has 0 aliphatic carbocycles. The lowest BCUT2D eigenvalue weighted by molar-refractivity contribution is 0.376. The van der Waals surface area contributed by atoms with Gasteiger partial charge in [-0.3, -0.25) is 4.57 Å². The third-order valence-corrected chi connectivity index (χ3v) is 1.91. The SMILES string of the molecule is CC(=CC(C)N)CP(=O)(O)O. The highest BCUT2D eigenvalue weighted by Crippen LogP contribution is 2.36. The monoisotopic (exact) mass is 179 g/mol. The quantitative estimate of drug-likeness (QED) is 0.434. The van der Waals surface area contributed by atoms with Gasteiger partial charge in [0.25, 0.3) is 0 Å². The summed E-state index contributed by atoms with van der Waals surface area (Å²) in [4.78, 5) is 17.1. The summed E-state index contributed by atoms with van der Waals surface area (Å²) in [5.74, 6) is 0. The number of allylic oxidation sites excluding steroid dienone is 1. The zero-order valence-electron chi connectivity index (χ0n) is 6.69. The molecule has 0 spiro atoms. The van der Waals surface area contributed by atoms with Gasteiger partial charge in [0.1, 0.15) is 0 Å². The lowest BCUT2D eigenvalue weighted by atomic mass is 10.2. The summed E-state index contributed by atoms with van der Waals surface area (Å²) >= 11 is 0. The summed E-state index contributed by atoms with van der Waals surface area (Å²) in [6.07, 6.45) is 1.44. The van der Waals surface area contributed by atoms with Crippen LogP contribution in [0.2, 0.25) is 0 Å². The smallest absolute Gasteiger partial charge is 0.325 e. The Morgan fingerprint density at radius 3 is 2.45 bits per heavy atom. The summed E-state index contributed by atoms with van der Waals surface area (Å²) < 4.78 is 10.4. The second kappa shape index (κ2) is 4.02. The van der Waals surface area contributed by atoms with Crippen LogP contribution in [0.25, 0.3) is 0 Å². The summed E-state index contributed by atoms with van der Waals surface area (Å²) in [5.41, 5.74) is 6.02. The molecule has 0 saturated carbocycles. The van der Waals surface area contributed by atoms with Crippen LogP contribution in [0.4, 0.5) is 0 Å². The maximum atomic E-state index is 10.4. The Hall–Kier alpha value is -0.150. The van der Waals surface area contributed by atoms with Gasteiger partial charge in [0.05, 0.1) is 6.16 Å². The van der Waals surface area contributed by atoms with Crippen LogP contribution in [0.5, 0.6) is 0 Å². The summed E-state index contributed by atoms with van der Waals surface area (Å²) in [6, 6.07) is -0.151. The average molecular weight is 179 g/mol. The Bertz CT molecular complexity index is 194. The Balaban J connectivity index is 4.08. The number of nitrogens with two attached hydrogens (primary N) is 1. The normalized spacial score (nSPS) is 16.6. The highest BCUT2D eigenvalue weighted by atomic mass is 31.2. The van der Waals surface area contributed by atoms with Crippen molar-refractivity contribution in [2.75, 3.05) is 6.16 Å². The van der Waals surface area contributed by atoms with Gasteiger partial charge in [0.2, 0.25) is 0 Å². The Morgan fingerprint density at radius 1 is 1.73 bits per heavy atom. The van der Waals surface area contributed by atoms with E-state index in [0.29, 0.717) is 5.57 Å². The van der Waals surface area contributed by atoms with Gasteiger partial charge in [-0.15, -0.1) is 0 Å². The minimum Gasteiger partial charge on any atom is -0.325 e. The van der Waals surface area contributed by atoms with E-state index in [1.807, 2.05) is 0 Å². The molecule has 0 aliphatic heterocycles. The fourth-order valence-electron chi connectivity index (χ4n) is 0.826. The van der Waals surface area contributed by atoms with E-state index < -0.39 is 7.60 Å². The van der Waals surface area contributed by atoms with Crippen LogP contribution in [-0.4, -0.2) is 22.0 Å². The molecular weight excluding hydrogens is 165 g/mol. The molecule has 0 bridgehead atoms. The van der Waals surface area contributed by atoms with E-state index in [9.17, 15) is 4.57 Å². The molecule has 4 N–H and O–H groups in total. The van der Waals surface area contributed by atoms with Crippen molar-refractivity contribution < 1.29 is 14.4 Å². The van der Waals surface area contributed by atoms with Crippen molar-refractivity contribution in [1.82, 2.24) is 0 Å². The fourth-order valence-corrected chi connectivity index (χ4v) is 1.58. The van der Waals surface area contributed by atoms with E-state index in [1.165, 1.54) is 0 Å². The average Bonchev–Trinajstić information content (AvgIpc) is 1.53. The molecule has 4 nitrogen and oxygen atoms in total. The van der Waals surface area contributed by atoms with Gasteiger partial charge in [-0.05, 0) is 13.8 Å². The van der Waals surface area contributed by atoms with Crippen molar-refractivity contribution >= 4 is 7.60 Å². The lowest BCUT2D eigenvalue weighted by Gasteiger charge is -2.04. The lowest BCUT2D eigenvalue weighted by Crippen LogP contribution is -2.11. The third-order valence-electron chi connectivity index (χ3n) is 1.00. The Morgan fingerprint density at radius 2 is 2.18 bits per heavy atom. The number of hydrogen-bond donors (Lipinski definition) is 3. The van der Waals surface area contributed by atoms with Crippen molar-refractivity contribution in [2.24, 2.45) is 5.73 Å². The first-order valence-corrected chi connectivity index (χ1v) is 5.08. The van der Waals surface area contributed by atoms with Crippen molar-refractivity contribution in [3.63, 3.8) is 0 Å². The molecule has 66 valence electrons. The predicted molar refractivity (Wildman–Crippen MR) is 44.3 cm³/mol. The van der Waals surface area contributed by atoms with Crippen LogP contribution < -0.4 is 5.73 Å². The molecule has 1 atom stereocenters. The first kappa shape index (κ1) is 10.8. The molecule has 0 aromatic carbocycles. The predicted octanol–water partition coefficient (Wildman–Crippen LogP) is 0.458. The molecule has 0 aliphatic rings. The largest absolute Gasteiger partial charge is 0.329 e. The zero-order chi connectivity index (χ0) is 9.07. The van der Waals surface area contributed by atoms with E-state index >= 15 is 0 Å². The van der Waals surface area contributed by atoms with Crippen molar-refractivity contribution in [2.45, 2.75) is 19.9 Å². The van der Waals surface area contributed by atoms with Crippen LogP contribution in [-0.2, 0) is 4.57 Å². The highest BCUT2D eigenvalue weighted by molar-refractivity contribution is 7.52. The minimum atomic E-state index is -3.90. The van der Waals surface area contributed by atoms with Gasteiger partial charge in [-0.1, -0.05) is 11.6 Å². The molecule has 0 rings (SSSR count). The molecule has 1 unspecified atom stereocenters.